The zero-order valence-corrected chi connectivity index (χ0v) is 16.9. The van der Waals surface area contributed by atoms with Gasteiger partial charge in [0.15, 0.2) is 5.49 Å². The Bertz CT molecular complexity index is 1440. The van der Waals surface area contributed by atoms with Crippen LogP contribution >= 0.6 is 11.3 Å². The van der Waals surface area contributed by atoms with Gasteiger partial charge >= 0.3 is 0 Å². The molecule has 0 N–H and O–H groups in total. The molecule has 0 aliphatic carbocycles. The van der Waals surface area contributed by atoms with Crippen LogP contribution in [0.1, 0.15) is 40.7 Å². The predicted octanol–water partition coefficient (Wildman–Crippen LogP) is 3.21. The van der Waals surface area contributed by atoms with Crippen LogP contribution < -0.4 is 11.0 Å². The van der Waals surface area contributed by atoms with Gasteiger partial charge in [-0.1, -0.05) is 12.1 Å². The fourth-order valence-electron chi connectivity index (χ4n) is 3.29. The topological polar surface area (TPSA) is 92.5 Å². The lowest BCUT2D eigenvalue weighted by molar-refractivity contribution is 0.100. The fourth-order valence-corrected chi connectivity index (χ4v) is 3.89. The van der Waals surface area contributed by atoms with Crippen LogP contribution in [-0.2, 0) is 0 Å². The average Bonchev–Trinajstić information content (AvgIpc) is 3.23. The maximum Gasteiger partial charge on any atom is 0.289 e. The van der Waals surface area contributed by atoms with E-state index in [4.69, 9.17) is 4.98 Å². The summed E-state index contributed by atoms with van der Waals surface area (Å²) in [5, 5.41) is 11.8. The molecule has 0 aromatic carbocycles. The van der Waals surface area contributed by atoms with Gasteiger partial charge in [0.2, 0.25) is 0 Å². The maximum absolute atomic E-state index is 13.1. The highest BCUT2D eigenvalue weighted by Crippen LogP contribution is 2.16. The summed E-state index contributed by atoms with van der Waals surface area (Å²) in [6.45, 7) is 5.68. The van der Waals surface area contributed by atoms with Crippen LogP contribution in [0.3, 0.4) is 0 Å². The SMILES string of the molecule is Cc1cccn2c(=O)c3cc(C#N)c(=NC(=O)c4cccs4)n(C(C)C)c3nc12. The van der Waals surface area contributed by atoms with E-state index in [2.05, 4.69) is 11.1 Å². The summed E-state index contributed by atoms with van der Waals surface area (Å²) < 4.78 is 3.16. The van der Waals surface area contributed by atoms with Crippen LogP contribution in [0.5, 0.6) is 0 Å². The number of hydrogen-bond donors (Lipinski definition) is 0. The molecule has 0 aliphatic heterocycles. The summed E-state index contributed by atoms with van der Waals surface area (Å²) in [5.41, 5.74) is 1.87. The summed E-state index contributed by atoms with van der Waals surface area (Å²) in [7, 11) is 0. The van der Waals surface area contributed by atoms with Gasteiger partial charge in [0.25, 0.3) is 11.5 Å². The zero-order valence-electron chi connectivity index (χ0n) is 16.1. The number of thiophene rings is 1. The number of pyridine rings is 2. The van der Waals surface area contributed by atoms with Crippen LogP contribution in [-0.4, -0.2) is 19.9 Å². The first kappa shape index (κ1) is 18.8. The number of nitrogens with zero attached hydrogens (tertiary/aromatic N) is 5. The molecular formula is C21H17N5O2S. The summed E-state index contributed by atoms with van der Waals surface area (Å²) in [6, 6.07) is 10.5. The highest BCUT2D eigenvalue weighted by Gasteiger charge is 2.17. The molecule has 0 saturated heterocycles. The number of carbonyl (C=O) groups is 1. The lowest BCUT2D eigenvalue weighted by atomic mass is 10.2. The second-order valence-corrected chi connectivity index (χ2v) is 7.84. The maximum atomic E-state index is 13.1. The van der Waals surface area contributed by atoms with Gasteiger partial charge in [0, 0.05) is 12.2 Å². The molecular weight excluding hydrogens is 386 g/mol. The van der Waals surface area contributed by atoms with E-state index < -0.39 is 5.91 Å². The number of hydrogen-bond acceptors (Lipinski definition) is 5. The predicted molar refractivity (Wildman–Crippen MR) is 111 cm³/mol. The highest BCUT2D eigenvalue weighted by atomic mass is 32.1. The minimum Gasteiger partial charge on any atom is -0.306 e. The van der Waals surface area contributed by atoms with Crippen molar-refractivity contribution < 1.29 is 4.79 Å². The van der Waals surface area contributed by atoms with Crippen molar-refractivity contribution >= 4 is 33.9 Å². The van der Waals surface area contributed by atoms with Gasteiger partial charge < -0.3 is 4.57 Å². The molecule has 4 aromatic rings. The standard InChI is InChI=1S/C21H17N5O2S/c1-12(2)26-18(24-20(27)16-7-5-9-29-16)14(11-22)10-15-19(26)23-17-13(3)6-4-8-25(17)21(15)28/h4-10,12H,1-3H3. The van der Waals surface area contributed by atoms with Crippen molar-refractivity contribution in [3.8, 4) is 6.07 Å². The van der Waals surface area contributed by atoms with Gasteiger partial charge in [-0.15, -0.1) is 11.3 Å². The second-order valence-electron chi connectivity index (χ2n) is 6.89. The Morgan fingerprint density at radius 1 is 1.28 bits per heavy atom. The van der Waals surface area contributed by atoms with Crippen molar-refractivity contribution in [3.05, 3.63) is 73.8 Å². The van der Waals surface area contributed by atoms with E-state index in [1.807, 2.05) is 26.8 Å². The quantitative estimate of drug-likeness (QED) is 0.481. The third kappa shape index (κ3) is 3.05. The smallest absolute Gasteiger partial charge is 0.289 e. The first-order valence-corrected chi connectivity index (χ1v) is 9.90. The molecule has 0 aliphatic rings. The Morgan fingerprint density at radius 3 is 2.72 bits per heavy atom. The number of aromatic nitrogens is 3. The van der Waals surface area contributed by atoms with Gasteiger partial charge in [-0.3, -0.25) is 14.0 Å². The third-order valence-corrected chi connectivity index (χ3v) is 5.48. The molecule has 0 bridgehead atoms. The molecule has 8 heteroatoms. The van der Waals surface area contributed by atoms with Gasteiger partial charge in [0.05, 0.1) is 15.8 Å². The van der Waals surface area contributed by atoms with Crippen LogP contribution in [0.2, 0.25) is 0 Å². The molecule has 144 valence electrons. The van der Waals surface area contributed by atoms with Crippen LogP contribution in [0.4, 0.5) is 0 Å². The molecule has 0 unspecified atom stereocenters. The van der Waals surface area contributed by atoms with Crippen LogP contribution in [0.15, 0.2) is 51.7 Å². The van der Waals surface area contributed by atoms with Gasteiger partial charge in [-0.25, -0.2) is 4.98 Å². The van der Waals surface area contributed by atoms with E-state index in [9.17, 15) is 14.9 Å². The first-order chi connectivity index (χ1) is 13.9. The molecule has 4 rings (SSSR count). The zero-order chi connectivity index (χ0) is 20.7. The Labute approximate surface area is 169 Å². The molecule has 4 aromatic heterocycles. The van der Waals surface area contributed by atoms with E-state index in [-0.39, 0.29) is 22.7 Å². The Hall–Kier alpha value is -3.57. The number of fused-ring (bicyclic) bond motifs is 2. The normalized spacial score (nSPS) is 12.0. The minimum atomic E-state index is -0.432. The van der Waals surface area contributed by atoms with E-state index >= 15 is 0 Å². The van der Waals surface area contributed by atoms with E-state index in [0.29, 0.717) is 21.6 Å². The Balaban J connectivity index is 2.19. The fraction of sp³-hybridized carbons (Fsp3) is 0.190. The molecule has 0 saturated carbocycles. The monoisotopic (exact) mass is 403 g/mol. The van der Waals surface area contributed by atoms with Crippen LogP contribution in [0, 0.1) is 18.3 Å². The number of nitriles is 1. The third-order valence-electron chi connectivity index (χ3n) is 4.63. The van der Waals surface area contributed by atoms with Crippen LogP contribution in [0.25, 0.3) is 16.7 Å². The second kappa shape index (κ2) is 7.11. The van der Waals surface area contributed by atoms with Crippen molar-refractivity contribution in [2.24, 2.45) is 4.99 Å². The summed E-state index contributed by atoms with van der Waals surface area (Å²) in [5.74, 6) is -0.432. The lowest BCUT2D eigenvalue weighted by Gasteiger charge is -2.16. The molecule has 7 nitrogen and oxygen atoms in total. The molecule has 0 atom stereocenters. The Morgan fingerprint density at radius 2 is 2.07 bits per heavy atom. The highest BCUT2D eigenvalue weighted by molar-refractivity contribution is 7.12. The number of carbonyl (C=O) groups excluding carboxylic acids is 1. The number of aryl methyl sites for hydroxylation is 1. The molecule has 1 amide bonds. The van der Waals surface area contributed by atoms with Gasteiger partial charge in [-0.2, -0.15) is 10.3 Å². The lowest BCUT2D eigenvalue weighted by Crippen LogP contribution is -2.30. The van der Waals surface area contributed by atoms with E-state index in [1.54, 1.807) is 34.3 Å². The molecule has 29 heavy (non-hydrogen) atoms. The van der Waals surface area contributed by atoms with Gasteiger partial charge in [-0.05, 0) is 49.9 Å². The van der Waals surface area contributed by atoms with E-state index in [0.717, 1.165) is 5.56 Å². The number of rotatable bonds is 2. The van der Waals surface area contributed by atoms with Gasteiger partial charge in [0.1, 0.15) is 17.4 Å². The van der Waals surface area contributed by atoms with Crippen molar-refractivity contribution in [3.63, 3.8) is 0 Å². The van der Waals surface area contributed by atoms with Crippen molar-refractivity contribution in [1.82, 2.24) is 14.0 Å². The first-order valence-electron chi connectivity index (χ1n) is 9.02. The largest absolute Gasteiger partial charge is 0.306 e. The summed E-state index contributed by atoms with van der Waals surface area (Å²) >= 11 is 1.28. The Kier molecular flexibility index (Phi) is 4.60. The summed E-state index contributed by atoms with van der Waals surface area (Å²) in [4.78, 5) is 35.2. The molecule has 4 heterocycles. The number of amides is 1. The summed E-state index contributed by atoms with van der Waals surface area (Å²) in [6.07, 6.45) is 1.65. The van der Waals surface area contributed by atoms with Crippen molar-refractivity contribution in [2.45, 2.75) is 26.8 Å². The van der Waals surface area contributed by atoms with Crippen molar-refractivity contribution in [2.75, 3.05) is 0 Å². The molecule has 0 radical (unpaired) electrons. The minimum absolute atomic E-state index is 0.155. The van der Waals surface area contributed by atoms with E-state index in [1.165, 1.54) is 21.8 Å². The molecule has 0 spiro atoms. The molecule has 0 fully saturated rings. The average molecular weight is 403 g/mol. The van der Waals surface area contributed by atoms with Crippen molar-refractivity contribution in [1.29, 1.82) is 5.26 Å².